The van der Waals surface area contributed by atoms with Gasteiger partial charge in [0.1, 0.15) is 11.6 Å². The maximum Gasteiger partial charge on any atom is 0.276 e. The molecular weight excluding hydrogens is 480 g/mol. The Labute approximate surface area is 197 Å². The smallest absolute Gasteiger partial charge is 0.276 e. The van der Waals surface area contributed by atoms with E-state index in [-0.39, 0.29) is 12.4 Å². The Balaban J connectivity index is 1.35. The van der Waals surface area contributed by atoms with Gasteiger partial charge in [0.25, 0.3) is 5.91 Å². The molecule has 4 rings (SSSR count). The van der Waals surface area contributed by atoms with E-state index in [1.165, 1.54) is 23.0 Å². The van der Waals surface area contributed by atoms with E-state index in [9.17, 15) is 9.18 Å². The predicted molar refractivity (Wildman–Crippen MR) is 120 cm³/mol. The average molecular weight is 495 g/mol. The van der Waals surface area contributed by atoms with Crippen molar-refractivity contribution in [3.05, 3.63) is 93.2 Å². The number of hydrogen-bond acceptors (Lipinski definition) is 4. The molecule has 1 N–H and O–H groups in total. The number of rotatable bonds is 7. The first-order valence-corrected chi connectivity index (χ1v) is 10.4. The fourth-order valence-electron chi connectivity index (χ4n) is 2.82. The lowest BCUT2D eigenvalue weighted by molar-refractivity contribution is 0.102. The first-order chi connectivity index (χ1) is 15.4. The average Bonchev–Trinajstić information content (AvgIpc) is 3.39. The molecule has 0 spiro atoms. The van der Waals surface area contributed by atoms with Crippen molar-refractivity contribution < 1.29 is 13.9 Å². The summed E-state index contributed by atoms with van der Waals surface area (Å²) in [5.74, 6) is -0.368. The van der Waals surface area contributed by atoms with Gasteiger partial charge in [-0.1, -0.05) is 40.9 Å². The van der Waals surface area contributed by atoms with E-state index in [1.54, 1.807) is 47.4 Å². The summed E-state index contributed by atoms with van der Waals surface area (Å²) in [6.07, 6.45) is 4.75. The largest absolute Gasteiger partial charge is 0.470 e. The number of anilines is 1. The number of aromatic nitrogens is 4. The van der Waals surface area contributed by atoms with Crippen LogP contribution in [0.1, 0.15) is 16.1 Å². The molecule has 2 aromatic carbocycles. The molecule has 0 aliphatic carbocycles. The van der Waals surface area contributed by atoms with Crippen LogP contribution in [0.2, 0.25) is 15.1 Å². The summed E-state index contributed by atoms with van der Waals surface area (Å²) in [4.78, 5) is 12.5. The summed E-state index contributed by atoms with van der Waals surface area (Å²) in [5.41, 5.74) is 1.38. The van der Waals surface area contributed by atoms with Gasteiger partial charge in [0, 0.05) is 22.4 Å². The normalized spacial score (nSPS) is 10.9. The third kappa shape index (κ3) is 5.40. The zero-order valence-electron chi connectivity index (χ0n) is 16.3. The third-order valence-electron chi connectivity index (χ3n) is 4.36. The third-order valence-corrected chi connectivity index (χ3v) is 5.24. The molecule has 4 aromatic rings. The molecule has 0 unspecified atom stereocenters. The van der Waals surface area contributed by atoms with Crippen molar-refractivity contribution in [1.82, 2.24) is 19.6 Å². The predicted octanol–water partition coefficient (Wildman–Crippen LogP) is 5.52. The van der Waals surface area contributed by atoms with Crippen molar-refractivity contribution in [2.45, 2.75) is 13.3 Å². The molecular formula is C21H15Cl3FN5O2. The van der Waals surface area contributed by atoms with Crippen LogP contribution in [0.5, 0.6) is 5.75 Å². The van der Waals surface area contributed by atoms with Crippen LogP contribution in [-0.4, -0.2) is 25.5 Å². The Morgan fingerprint density at radius 2 is 1.91 bits per heavy atom. The highest BCUT2D eigenvalue weighted by Gasteiger charge is 2.12. The maximum atomic E-state index is 13.2. The molecule has 1 amide bonds. The molecule has 0 fully saturated rings. The number of benzene rings is 2. The Hall–Kier alpha value is -3.07. The lowest BCUT2D eigenvalue weighted by Crippen LogP contribution is -2.14. The molecule has 164 valence electrons. The van der Waals surface area contributed by atoms with Crippen molar-refractivity contribution in [3.63, 3.8) is 0 Å². The van der Waals surface area contributed by atoms with E-state index in [1.807, 2.05) is 0 Å². The number of carbonyl (C=O) groups excluding carboxylic acids is 1. The Morgan fingerprint density at radius 3 is 2.69 bits per heavy atom. The van der Waals surface area contributed by atoms with Crippen LogP contribution in [0, 0.1) is 5.82 Å². The molecule has 0 aliphatic heterocycles. The Morgan fingerprint density at radius 1 is 1.06 bits per heavy atom. The maximum absolute atomic E-state index is 13.2. The topological polar surface area (TPSA) is 74.0 Å². The standard InChI is InChI=1S/C21H15Cl3FN5O2/c22-14-2-4-20(18(24)7-14)32-12-29-6-5-19(28-29)21(31)27-16-9-26-30(11-16)10-13-1-3-15(25)8-17(13)23/h1-9,11H,10,12H2,(H,27,31). The van der Waals surface area contributed by atoms with Gasteiger partial charge in [0.05, 0.1) is 23.5 Å². The van der Waals surface area contributed by atoms with E-state index in [0.29, 0.717) is 38.6 Å². The van der Waals surface area contributed by atoms with Gasteiger partial charge in [-0.3, -0.25) is 9.48 Å². The minimum atomic E-state index is -0.410. The summed E-state index contributed by atoms with van der Waals surface area (Å²) in [5, 5.41) is 12.3. The Kier molecular flexibility index (Phi) is 6.64. The molecule has 2 aromatic heterocycles. The second-order valence-corrected chi connectivity index (χ2v) is 7.96. The lowest BCUT2D eigenvalue weighted by Gasteiger charge is -2.08. The molecule has 32 heavy (non-hydrogen) atoms. The minimum absolute atomic E-state index is 0.0605. The van der Waals surface area contributed by atoms with Crippen LogP contribution in [0.25, 0.3) is 0 Å². The fourth-order valence-corrected chi connectivity index (χ4v) is 3.51. The summed E-state index contributed by atoms with van der Waals surface area (Å²) in [6, 6.07) is 10.6. The summed E-state index contributed by atoms with van der Waals surface area (Å²) < 4.78 is 21.8. The van der Waals surface area contributed by atoms with Gasteiger partial charge < -0.3 is 10.1 Å². The van der Waals surface area contributed by atoms with Gasteiger partial charge in [-0.25, -0.2) is 9.07 Å². The lowest BCUT2D eigenvalue weighted by atomic mass is 10.2. The minimum Gasteiger partial charge on any atom is -0.470 e. The Bertz CT molecular complexity index is 1270. The van der Waals surface area contributed by atoms with Crippen molar-refractivity contribution in [2.75, 3.05) is 5.32 Å². The molecule has 7 nitrogen and oxygen atoms in total. The number of nitrogens with zero attached hydrogens (tertiary/aromatic N) is 4. The van der Waals surface area contributed by atoms with Crippen molar-refractivity contribution in [3.8, 4) is 5.75 Å². The van der Waals surface area contributed by atoms with E-state index < -0.39 is 11.7 Å². The van der Waals surface area contributed by atoms with Gasteiger partial charge >= 0.3 is 0 Å². The highest BCUT2D eigenvalue weighted by atomic mass is 35.5. The van der Waals surface area contributed by atoms with Crippen LogP contribution in [0.3, 0.4) is 0 Å². The number of nitrogens with one attached hydrogen (secondary N) is 1. The number of halogens is 4. The van der Waals surface area contributed by atoms with Crippen LogP contribution in [0.4, 0.5) is 10.1 Å². The van der Waals surface area contributed by atoms with Crippen molar-refractivity contribution in [1.29, 1.82) is 0 Å². The first-order valence-electron chi connectivity index (χ1n) is 9.26. The molecule has 0 atom stereocenters. The number of ether oxygens (including phenoxy) is 1. The molecule has 0 aliphatic rings. The molecule has 0 bridgehead atoms. The van der Waals surface area contributed by atoms with Crippen LogP contribution in [-0.2, 0) is 13.3 Å². The van der Waals surface area contributed by atoms with Gasteiger partial charge in [-0.2, -0.15) is 10.2 Å². The van der Waals surface area contributed by atoms with Crippen molar-refractivity contribution in [2.24, 2.45) is 0 Å². The van der Waals surface area contributed by atoms with Crippen LogP contribution >= 0.6 is 34.8 Å². The number of carbonyl (C=O) groups is 1. The second-order valence-electron chi connectivity index (χ2n) is 6.71. The number of hydrogen-bond donors (Lipinski definition) is 1. The van der Waals surface area contributed by atoms with Crippen LogP contribution in [0.15, 0.2) is 61.1 Å². The summed E-state index contributed by atoms with van der Waals surface area (Å²) in [7, 11) is 0. The monoisotopic (exact) mass is 493 g/mol. The number of amides is 1. The van der Waals surface area contributed by atoms with E-state index >= 15 is 0 Å². The SMILES string of the molecule is O=C(Nc1cnn(Cc2ccc(F)cc2Cl)c1)c1ccn(COc2ccc(Cl)cc2Cl)n1. The zero-order valence-corrected chi connectivity index (χ0v) is 18.6. The highest BCUT2D eigenvalue weighted by molar-refractivity contribution is 6.35. The molecule has 0 saturated carbocycles. The molecule has 0 radical (unpaired) electrons. The highest BCUT2D eigenvalue weighted by Crippen LogP contribution is 2.27. The van der Waals surface area contributed by atoms with Gasteiger partial charge in [-0.15, -0.1) is 0 Å². The first kappa shape index (κ1) is 22.1. The summed E-state index contributed by atoms with van der Waals surface area (Å²) >= 11 is 18.0. The van der Waals surface area contributed by atoms with Crippen LogP contribution < -0.4 is 10.1 Å². The van der Waals surface area contributed by atoms with E-state index in [4.69, 9.17) is 39.5 Å². The zero-order chi connectivity index (χ0) is 22.7. The molecule has 11 heteroatoms. The summed E-state index contributed by atoms with van der Waals surface area (Å²) in [6.45, 7) is 0.388. The second kappa shape index (κ2) is 9.60. The van der Waals surface area contributed by atoms with E-state index in [0.717, 1.165) is 0 Å². The van der Waals surface area contributed by atoms with Gasteiger partial charge in [0.2, 0.25) is 0 Å². The molecule has 0 saturated heterocycles. The van der Waals surface area contributed by atoms with Crippen molar-refractivity contribution >= 4 is 46.4 Å². The van der Waals surface area contributed by atoms with Gasteiger partial charge in [-0.05, 0) is 42.0 Å². The fraction of sp³-hybridized carbons (Fsp3) is 0.0952. The quantitative estimate of drug-likeness (QED) is 0.367. The van der Waals surface area contributed by atoms with Gasteiger partial charge in [0.15, 0.2) is 12.4 Å². The van der Waals surface area contributed by atoms with E-state index in [2.05, 4.69) is 15.5 Å². The molecule has 2 heterocycles.